The van der Waals surface area contributed by atoms with Gasteiger partial charge in [-0.2, -0.15) is 9.78 Å². The fourth-order valence-corrected chi connectivity index (χ4v) is 5.19. The van der Waals surface area contributed by atoms with Gasteiger partial charge < -0.3 is 4.74 Å². The summed E-state index contributed by atoms with van der Waals surface area (Å²) in [5, 5.41) is 6.17. The average molecular weight is 585 g/mol. The van der Waals surface area contributed by atoms with Gasteiger partial charge in [-0.3, -0.25) is 4.79 Å². The van der Waals surface area contributed by atoms with Crippen molar-refractivity contribution in [3.63, 3.8) is 0 Å². The molecule has 5 nitrogen and oxygen atoms in total. The Hall–Kier alpha value is -2.67. The van der Waals surface area contributed by atoms with Gasteiger partial charge in [-0.15, -0.1) is 0 Å². The molecule has 0 saturated heterocycles. The minimum absolute atomic E-state index is 0.162. The summed E-state index contributed by atoms with van der Waals surface area (Å²) in [5.41, 5.74) is 2.27. The molecule has 1 aromatic heterocycles. The SMILES string of the molecule is O=c1c2cc(Br)ccc2nc(C2CCCCC2)n1N=Cc1cccc(OCc2ccc(Cl)c(Cl)c2)c1. The summed E-state index contributed by atoms with van der Waals surface area (Å²) in [7, 11) is 0. The van der Waals surface area contributed by atoms with Crippen LogP contribution in [0, 0.1) is 0 Å². The van der Waals surface area contributed by atoms with Crippen LogP contribution in [0.25, 0.3) is 10.9 Å². The van der Waals surface area contributed by atoms with Crippen molar-refractivity contribution < 1.29 is 4.74 Å². The first-order valence-electron chi connectivity index (χ1n) is 11.9. The number of ether oxygens (including phenoxy) is 1. The summed E-state index contributed by atoms with van der Waals surface area (Å²) < 4.78 is 8.26. The van der Waals surface area contributed by atoms with Crippen molar-refractivity contribution in [1.29, 1.82) is 0 Å². The average Bonchev–Trinajstić information content (AvgIpc) is 2.90. The van der Waals surface area contributed by atoms with E-state index in [1.807, 2.05) is 42.5 Å². The number of rotatable bonds is 6. The van der Waals surface area contributed by atoms with Gasteiger partial charge >= 0.3 is 0 Å². The van der Waals surface area contributed by atoms with E-state index in [2.05, 4.69) is 21.0 Å². The molecule has 0 bridgehead atoms. The van der Waals surface area contributed by atoms with Gasteiger partial charge in [0.1, 0.15) is 18.2 Å². The molecule has 184 valence electrons. The van der Waals surface area contributed by atoms with Gasteiger partial charge in [-0.05, 0) is 66.4 Å². The first-order valence-corrected chi connectivity index (χ1v) is 13.5. The number of hydrogen-bond donors (Lipinski definition) is 0. The van der Waals surface area contributed by atoms with E-state index >= 15 is 0 Å². The quantitative estimate of drug-likeness (QED) is 0.216. The monoisotopic (exact) mass is 583 g/mol. The Bertz CT molecular complexity index is 1500. The highest BCUT2D eigenvalue weighted by Gasteiger charge is 2.22. The van der Waals surface area contributed by atoms with Crippen LogP contribution >= 0.6 is 39.1 Å². The normalized spacial score (nSPS) is 14.5. The molecule has 0 radical (unpaired) electrons. The summed E-state index contributed by atoms with van der Waals surface area (Å²) in [4.78, 5) is 18.4. The molecular weight excluding hydrogens is 561 g/mol. The van der Waals surface area contributed by atoms with Gasteiger partial charge in [0.15, 0.2) is 0 Å². The van der Waals surface area contributed by atoms with Crippen molar-refractivity contribution in [3.8, 4) is 5.75 Å². The number of benzene rings is 3. The van der Waals surface area contributed by atoms with Crippen LogP contribution in [-0.2, 0) is 6.61 Å². The van der Waals surface area contributed by atoms with Crippen molar-refractivity contribution in [3.05, 3.63) is 102 Å². The summed E-state index contributed by atoms with van der Waals surface area (Å²) in [6.07, 6.45) is 7.22. The number of fused-ring (bicyclic) bond motifs is 1. The lowest BCUT2D eigenvalue weighted by Gasteiger charge is -2.22. The zero-order valence-corrected chi connectivity index (χ0v) is 22.6. The van der Waals surface area contributed by atoms with Crippen LogP contribution in [0.4, 0.5) is 0 Å². The maximum absolute atomic E-state index is 13.5. The molecule has 0 N–H and O–H groups in total. The van der Waals surface area contributed by atoms with E-state index in [0.717, 1.165) is 47.1 Å². The smallest absolute Gasteiger partial charge is 0.282 e. The molecule has 5 rings (SSSR count). The molecule has 3 aromatic carbocycles. The predicted octanol–water partition coefficient (Wildman–Crippen LogP) is 7.97. The van der Waals surface area contributed by atoms with Crippen LogP contribution in [0.5, 0.6) is 5.75 Å². The van der Waals surface area contributed by atoms with Gasteiger partial charge in [-0.1, -0.05) is 76.6 Å². The van der Waals surface area contributed by atoms with Crippen molar-refractivity contribution in [2.24, 2.45) is 5.10 Å². The molecule has 0 spiro atoms. The zero-order valence-electron chi connectivity index (χ0n) is 19.5. The van der Waals surface area contributed by atoms with Crippen LogP contribution < -0.4 is 10.3 Å². The van der Waals surface area contributed by atoms with Crippen molar-refractivity contribution in [2.75, 3.05) is 0 Å². The van der Waals surface area contributed by atoms with E-state index < -0.39 is 0 Å². The molecule has 0 aliphatic heterocycles. The second-order valence-corrected chi connectivity index (χ2v) is 10.7. The minimum atomic E-state index is -0.162. The highest BCUT2D eigenvalue weighted by atomic mass is 79.9. The Labute approximate surface area is 227 Å². The van der Waals surface area contributed by atoms with Gasteiger partial charge in [0.05, 0.1) is 27.2 Å². The van der Waals surface area contributed by atoms with Crippen LogP contribution in [-0.4, -0.2) is 15.9 Å². The van der Waals surface area contributed by atoms with Crippen molar-refractivity contribution >= 4 is 56.2 Å². The Balaban J connectivity index is 1.44. The van der Waals surface area contributed by atoms with E-state index in [9.17, 15) is 4.79 Å². The second kappa shape index (κ2) is 11.2. The van der Waals surface area contributed by atoms with E-state index in [0.29, 0.717) is 33.3 Å². The summed E-state index contributed by atoms with van der Waals surface area (Å²) >= 11 is 15.6. The highest BCUT2D eigenvalue weighted by Crippen LogP contribution is 2.32. The number of hydrogen-bond acceptors (Lipinski definition) is 4. The fourth-order valence-electron chi connectivity index (χ4n) is 4.51. The second-order valence-electron chi connectivity index (χ2n) is 8.94. The largest absolute Gasteiger partial charge is 0.489 e. The molecule has 1 aliphatic carbocycles. The van der Waals surface area contributed by atoms with E-state index in [1.165, 1.54) is 11.1 Å². The summed E-state index contributed by atoms with van der Waals surface area (Å²) in [5.74, 6) is 1.64. The van der Waals surface area contributed by atoms with Gasteiger partial charge in [-0.25, -0.2) is 4.98 Å². The third-order valence-electron chi connectivity index (χ3n) is 6.37. The lowest BCUT2D eigenvalue weighted by atomic mass is 9.88. The predicted molar refractivity (Wildman–Crippen MR) is 150 cm³/mol. The number of aromatic nitrogens is 2. The highest BCUT2D eigenvalue weighted by molar-refractivity contribution is 9.10. The van der Waals surface area contributed by atoms with Crippen LogP contribution in [0.2, 0.25) is 10.0 Å². The Morgan fingerprint density at radius 2 is 1.86 bits per heavy atom. The Morgan fingerprint density at radius 1 is 1.03 bits per heavy atom. The number of halogens is 3. The molecule has 4 aromatic rings. The zero-order chi connectivity index (χ0) is 25.1. The fraction of sp³-hybridized carbons (Fsp3) is 0.250. The van der Waals surface area contributed by atoms with Crippen LogP contribution in [0.3, 0.4) is 0 Å². The van der Waals surface area contributed by atoms with Gasteiger partial charge in [0, 0.05) is 10.4 Å². The molecule has 0 amide bonds. The Kier molecular flexibility index (Phi) is 7.75. The van der Waals surface area contributed by atoms with Crippen LogP contribution in [0.15, 0.2) is 75.0 Å². The molecule has 1 saturated carbocycles. The summed E-state index contributed by atoms with van der Waals surface area (Å²) in [6, 6.07) is 18.6. The molecular formula is C28H24BrCl2N3O2. The first-order chi connectivity index (χ1) is 17.5. The molecule has 1 aliphatic rings. The van der Waals surface area contributed by atoms with Crippen molar-refractivity contribution in [2.45, 2.75) is 44.6 Å². The maximum atomic E-state index is 13.5. The summed E-state index contributed by atoms with van der Waals surface area (Å²) in [6.45, 7) is 0.353. The van der Waals surface area contributed by atoms with Gasteiger partial charge in [0.2, 0.25) is 0 Å². The third-order valence-corrected chi connectivity index (χ3v) is 7.61. The van der Waals surface area contributed by atoms with Crippen LogP contribution in [0.1, 0.15) is 55.0 Å². The topological polar surface area (TPSA) is 56.5 Å². The lowest BCUT2D eigenvalue weighted by Crippen LogP contribution is -2.25. The Morgan fingerprint density at radius 3 is 2.67 bits per heavy atom. The standard InChI is InChI=1S/C28H24BrCl2N3O2/c29-21-10-12-26-23(15-21)28(35)34(27(33-26)20-6-2-1-3-7-20)32-16-18-5-4-8-22(13-18)36-17-19-9-11-24(30)25(31)14-19/h4-5,8-16,20H,1-3,6-7,17H2. The molecule has 1 heterocycles. The molecule has 0 unspecified atom stereocenters. The lowest BCUT2D eigenvalue weighted by molar-refractivity contribution is 0.306. The third kappa shape index (κ3) is 5.66. The molecule has 36 heavy (non-hydrogen) atoms. The van der Waals surface area contributed by atoms with E-state index in [4.69, 9.17) is 32.9 Å². The maximum Gasteiger partial charge on any atom is 0.282 e. The number of nitrogens with zero attached hydrogens (tertiary/aromatic N) is 3. The molecule has 8 heteroatoms. The molecule has 0 atom stereocenters. The molecule has 1 fully saturated rings. The van der Waals surface area contributed by atoms with Crippen molar-refractivity contribution in [1.82, 2.24) is 9.66 Å². The minimum Gasteiger partial charge on any atom is -0.489 e. The first kappa shape index (κ1) is 25.0. The van der Waals surface area contributed by atoms with Gasteiger partial charge in [0.25, 0.3) is 5.56 Å². The van der Waals surface area contributed by atoms with E-state index in [-0.39, 0.29) is 11.5 Å². The van der Waals surface area contributed by atoms with E-state index in [1.54, 1.807) is 24.4 Å².